The Bertz CT molecular complexity index is 229. The maximum atomic E-state index is 5.76. The first-order chi connectivity index (χ1) is 4.86. The van der Waals surface area contributed by atoms with E-state index < -0.39 is 0 Å². The molecule has 0 fully saturated rings. The topological polar surface area (TPSA) is 43.8 Å². The number of hydrogen-bond donors (Lipinski definition) is 1. The number of rotatable bonds is 0. The Hall–Kier alpha value is -0.830. The molecule has 2 heterocycles. The fourth-order valence-corrected chi connectivity index (χ4v) is 1.38. The van der Waals surface area contributed by atoms with E-state index in [4.69, 9.17) is 5.73 Å². The van der Waals surface area contributed by atoms with Gasteiger partial charge in [-0.2, -0.15) is 0 Å². The summed E-state index contributed by atoms with van der Waals surface area (Å²) in [5.41, 5.74) is 5.76. The molecule has 2 N–H and O–H groups in total. The van der Waals surface area contributed by atoms with E-state index in [2.05, 4.69) is 9.55 Å². The highest BCUT2D eigenvalue weighted by Crippen LogP contribution is 2.10. The second kappa shape index (κ2) is 2.09. The van der Waals surface area contributed by atoms with Crippen LogP contribution in [0.5, 0.6) is 0 Å². The molecule has 1 aromatic heterocycles. The third-order valence-corrected chi connectivity index (χ3v) is 1.99. The van der Waals surface area contributed by atoms with Crippen LogP contribution in [-0.2, 0) is 13.0 Å². The maximum absolute atomic E-state index is 5.76. The van der Waals surface area contributed by atoms with Crippen LogP contribution in [0, 0.1) is 0 Å². The van der Waals surface area contributed by atoms with Gasteiger partial charge in [0.05, 0.1) is 0 Å². The second-order valence-electron chi connectivity index (χ2n) is 2.79. The van der Waals surface area contributed by atoms with Crippen LogP contribution in [0.1, 0.15) is 12.2 Å². The van der Waals surface area contributed by atoms with Crippen molar-refractivity contribution in [3.05, 3.63) is 18.2 Å². The van der Waals surface area contributed by atoms with Crippen molar-refractivity contribution in [2.75, 3.05) is 0 Å². The first-order valence-corrected chi connectivity index (χ1v) is 3.62. The minimum atomic E-state index is 0.329. The Morgan fingerprint density at radius 3 is 3.50 bits per heavy atom. The molecule has 0 spiro atoms. The third kappa shape index (κ3) is 0.827. The van der Waals surface area contributed by atoms with E-state index in [9.17, 15) is 0 Å². The zero-order valence-corrected chi connectivity index (χ0v) is 5.83. The summed E-state index contributed by atoms with van der Waals surface area (Å²) in [7, 11) is 0. The maximum Gasteiger partial charge on any atom is 0.110 e. The Labute approximate surface area is 59.9 Å². The van der Waals surface area contributed by atoms with Crippen molar-refractivity contribution >= 4 is 0 Å². The van der Waals surface area contributed by atoms with E-state index in [-0.39, 0.29) is 0 Å². The molecular formula is C7H11N3. The van der Waals surface area contributed by atoms with Crippen molar-refractivity contribution in [1.29, 1.82) is 0 Å². The molecule has 54 valence electrons. The van der Waals surface area contributed by atoms with E-state index in [1.165, 1.54) is 0 Å². The van der Waals surface area contributed by atoms with E-state index in [1.807, 2.05) is 12.4 Å². The molecule has 0 saturated carbocycles. The highest BCUT2D eigenvalue weighted by atomic mass is 15.1. The van der Waals surface area contributed by atoms with Crippen LogP contribution in [0.25, 0.3) is 0 Å². The average molecular weight is 137 g/mol. The smallest absolute Gasteiger partial charge is 0.110 e. The lowest BCUT2D eigenvalue weighted by Gasteiger charge is -2.18. The molecule has 1 aromatic rings. The van der Waals surface area contributed by atoms with E-state index in [0.717, 1.165) is 25.2 Å². The van der Waals surface area contributed by atoms with Crippen LogP contribution in [0.4, 0.5) is 0 Å². The third-order valence-electron chi connectivity index (χ3n) is 1.99. The highest BCUT2D eigenvalue weighted by molar-refractivity contribution is 4.98. The summed E-state index contributed by atoms with van der Waals surface area (Å²) in [5, 5.41) is 0. The van der Waals surface area contributed by atoms with Gasteiger partial charge in [-0.05, 0) is 6.42 Å². The van der Waals surface area contributed by atoms with Gasteiger partial charge in [-0.15, -0.1) is 0 Å². The van der Waals surface area contributed by atoms with Crippen LogP contribution in [0.3, 0.4) is 0 Å². The molecule has 0 aliphatic carbocycles. The fraction of sp³-hybridized carbons (Fsp3) is 0.571. The second-order valence-corrected chi connectivity index (χ2v) is 2.79. The molecule has 0 unspecified atom stereocenters. The van der Waals surface area contributed by atoms with Gasteiger partial charge >= 0.3 is 0 Å². The Morgan fingerprint density at radius 1 is 1.70 bits per heavy atom. The average Bonchev–Trinajstić information content (AvgIpc) is 2.33. The lowest BCUT2D eigenvalue weighted by Crippen LogP contribution is -2.30. The Morgan fingerprint density at radius 2 is 2.60 bits per heavy atom. The summed E-state index contributed by atoms with van der Waals surface area (Å²) in [6.07, 6.45) is 5.88. The van der Waals surface area contributed by atoms with Crippen LogP contribution in [0.15, 0.2) is 12.4 Å². The minimum Gasteiger partial charge on any atom is -0.335 e. The predicted molar refractivity (Wildman–Crippen MR) is 38.5 cm³/mol. The first-order valence-electron chi connectivity index (χ1n) is 3.62. The molecule has 1 aliphatic heterocycles. The number of aryl methyl sites for hydroxylation is 1. The van der Waals surface area contributed by atoms with Crippen LogP contribution in [0.2, 0.25) is 0 Å². The van der Waals surface area contributed by atoms with Gasteiger partial charge in [0.25, 0.3) is 0 Å². The van der Waals surface area contributed by atoms with Crippen molar-refractivity contribution in [3.63, 3.8) is 0 Å². The number of fused-ring (bicyclic) bond motifs is 1. The largest absolute Gasteiger partial charge is 0.335 e. The number of nitrogens with two attached hydrogens (primary N) is 1. The summed E-state index contributed by atoms with van der Waals surface area (Å²) in [4.78, 5) is 4.19. The van der Waals surface area contributed by atoms with Crippen LogP contribution in [-0.4, -0.2) is 15.6 Å². The summed E-state index contributed by atoms with van der Waals surface area (Å²) >= 11 is 0. The van der Waals surface area contributed by atoms with Gasteiger partial charge < -0.3 is 10.3 Å². The zero-order chi connectivity index (χ0) is 6.97. The molecule has 1 aliphatic rings. The molecule has 10 heavy (non-hydrogen) atoms. The van der Waals surface area contributed by atoms with E-state index in [1.54, 1.807) is 0 Å². The molecule has 0 aromatic carbocycles. The van der Waals surface area contributed by atoms with Gasteiger partial charge in [-0.25, -0.2) is 4.98 Å². The molecule has 0 saturated heterocycles. The van der Waals surface area contributed by atoms with Crippen molar-refractivity contribution in [2.45, 2.75) is 25.4 Å². The standard InChI is InChI=1S/C7H11N3/c8-6-1-3-10-4-2-9-7(10)5-6/h2,4,6H,1,3,5,8H2/t6-/m0/s1. The van der Waals surface area contributed by atoms with Gasteiger partial charge in [0, 0.05) is 31.4 Å². The molecule has 0 radical (unpaired) electrons. The predicted octanol–water partition coefficient (Wildman–Crippen LogP) is 0.157. The number of hydrogen-bond acceptors (Lipinski definition) is 2. The molecule has 3 nitrogen and oxygen atoms in total. The first kappa shape index (κ1) is 5.92. The van der Waals surface area contributed by atoms with Crippen molar-refractivity contribution in [3.8, 4) is 0 Å². The monoisotopic (exact) mass is 137 g/mol. The molecule has 0 amide bonds. The minimum absolute atomic E-state index is 0.329. The van der Waals surface area contributed by atoms with Gasteiger partial charge in [0.1, 0.15) is 5.82 Å². The lowest BCUT2D eigenvalue weighted by molar-refractivity contribution is 0.463. The Kier molecular flexibility index (Phi) is 1.24. The quantitative estimate of drug-likeness (QED) is 0.553. The number of nitrogens with zero attached hydrogens (tertiary/aromatic N) is 2. The van der Waals surface area contributed by atoms with Crippen LogP contribution < -0.4 is 5.73 Å². The highest BCUT2D eigenvalue weighted by Gasteiger charge is 2.14. The molecule has 1 atom stereocenters. The van der Waals surface area contributed by atoms with E-state index >= 15 is 0 Å². The van der Waals surface area contributed by atoms with Crippen LogP contribution >= 0.6 is 0 Å². The van der Waals surface area contributed by atoms with Crippen molar-refractivity contribution in [1.82, 2.24) is 9.55 Å². The summed E-state index contributed by atoms with van der Waals surface area (Å²) < 4.78 is 2.17. The molecule has 2 rings (SSSR count). The number of aromatic nitrogens is 2. The fourth-order valence-electron chi connectivity index (χ4n) is 1.38. The summed E-state index contributed by atoms with van der Waals surface area (Å²) in [6, 6.07) is 0.329. The van der Waals surface area contributed by atoms with E-state index in [0.29, 0.717) is 6.04 Å². The summed E-state index contributed by atoms with van der Waals surface area (Å²) in [5.74, 6) is 1.14. The molecule has 0 bridgehead atoms. The summed E-state index contributed by atoms with van der Waals surface area (Å²) in [6.45, 7) is 1.04. The SMILES string of the molecule is N[C@H]1CCn2ccnc2C1. The van der Waals surface area contributed by atoms with Crippen molar-refractivity contribution in [2.24, 2.45) is 5.73 Å². The number of imidazole rings is 1. The normalized spacial score (nSPS) is 24.3. The molecule has 3 heteroatoms. The Balaban J connectivity index is 2.30. The van der Waals surface area contributed by atoms with Gasteiger partial charge in [-0.3, -0.25) is 0 Å². The lowest BCUT2D eigenvalue weighted by atomic mass is 10.1. The molecular weight excluding hydrogens is 126 g/mol. The van der Waals surface area contributed by atoms with Gasteiger partial charge in [0.15, 0.2) is 0 Å². The van der Waals surface area contributed by atoms with Gasteiger partial charge in [0.2, 0.25) is 0 Å². The van der Waals surface area contributed by atoms with Gasteiger partial charge in [-0.1, -0.05) is 0 Å². The zero-order valence-electron chi connectivity index (χ0n) is 5.83. The van der Waals surface area contributed by atoms with Crippen molar-refractivity contribution < 1.29 is 0 Å².